The number of hydrogen-bond donors (Lipinski definition) is 1. The van der Waals surface area contributed by atoms with E-state index in [1.807, 2.05) is 68.6 Å². The van der Waals surface area contributed by atoms with Crippen molar-refractivity contribution in [1.82, 2.24) is 4.98 Å². The normalized spacial score (nSPS) is 11.2. The maximum absolute atomic E-state index is 12.8. The average Bonchev–Trinajstić information content (AvgIpc) is 2.75. The molecule has 1 N–H and O–H groups in total. The van der Waals surface area contributed by atoms with E-state index in [9.17, 15) is 8.42 Å². The van der Waals surface area contributed by atoms with Crippen LogP contribution in [0.2, 0.25) is 0 Å². The van der Waals surface area contributed by atoms with Gasteiger partial charge in [0.15, 0.2) is 0 Å². The summed E-state index contributed by atoms with van der Waals surface area (Å²) in [5.74, 6) is 1.26. The molecule has 5 nitrogen and oxygen atoms in total. The first-order valence-electron chi connectivity index (χ1n) is 9.80. The lowest BCUT2D eigenvalue weighted by Crippen LogP contribution is -2.13. The van der Waals surface area contributed by atoms with Gasteiger partial charge in [0.2, 0.25) is 0 Å². The van der Waals surface area contributed by atoms with Crippen molar-refractivity contribution in [2.24, 2.45) is 0 Å². The Balaban J connectivity index is 1.52. The molecule has 31 heavy (non-hydrogen) atoms. The highest BCUT2D eigenvalue weighted by atomic mass is 32.2. The first-order valence-corrected chi connectivity index (χ1v) is 11.3. The Morgan fingerprint density at radius 3 is 2.16 bits per heavy atom. The fourth-order valence-corrected chi connectivity index (χ4v) is 4.35. The maximum atomic E-state index is 12.8. The van der Waals surface area contributed by atoms with Crippen LogP contribution in [-0.2, 0) is 10.0 Å². The molecule has 4 rings (SSSR count). The molecule has 156 valence electrons. The number of rotatable bonds is 6. The number of hydrogen-bond acceptors (Lipinski definition) is 4. The van der Waals surface area contributed by atoms with E-state index in [-0.39, 0.29) is 4.90 Å². The Hall–Kier alpha value is -3.64. The predicted molar refractivity (Wildman–Crippen MR) is 123 cm³/mol. The Morgan fingerprint density at radius 1 is 0.774 bits per heavy atom. The summed E-state index contributed by atoms with van der Waals surface area (Å²) in [7, 11) is -3.72. The van der Waals surface area contributed by atoms with Gasteiger partial charge >= 0.3 is 0 Å². The Labute approximate surface area is 182 Å². The molecule has 0 atom stereocenters. The van der Waals surface area contributed by atoms with Crippen LogP contribution in [0.15, 0.2) is 96.2 Å². The number of para-hydroxylation sites is 1. The van der Waals surface area contributed by atoms with Gasteiger partial charge in [0.1, 0.15) is 11.5 Å². The first-order chi connectivity index (χ1) is 14.9. The number of ether oxygens (including phenoxy) is 1. The molecular weight excluding hydrogens is 408 g/mol. The second-order valence-corrected chi connectivity index (χ2v) is 8.89. The van der Waals surface area contributed by atoms with Crippen molar-refractivity contribution < 1.29 is 13.2 Å². The van der Waals surface area contributed by atoms with E-state index in [0.717, 1.165) is 22.3 Å². The highest BCUT2D eigenvalue weighted by Gasteiger charge is 2.15. The van der Waals surface area contributed by atoms with E-state index < -0.39 is 10.0 Å². The molecule has 0 aliphatic rings. The van der Waals surface area contributed by atoms with Crippen molar-refractivity contribution in [3.8, 4) is 22.6 Å². The fourth-order valence-electron chi connectivity index (χ4n) is 3.30. The minimum Gasteiger partial charge on any atom is -0.457 e. The predicted octanol–water partition coefficient (Wildman–Crippen LogP) is 5.96. The second kappa shape index (κ2) is 8.62. The van der Waals surface area contributed by atoms with E-state index in [2.05, 4.69) is 9.71 Å². The van der Waals surface area contributed by atoms with Crippen molar-refractivity contribution in [2.75, 3.05) is 4.72 Å². The van der Waals surface area contributed by atoms with E-state index in [0.29, 0.717) is 17.2 Å². The third kappa shape index (κ3) is 4.75. The molecule has 6 heteroatoms. The Morgan fingerprint density at radius 2 is 1.48 bits per heavy atom. The Kier molecular flexibility index (Phi) is 5.73. The summed E-state index contributed by atoms with van der Waals surface area (Å²) in [6, 6.07) is 23.1. The molecule has 0 aliphatic heterocycles. The van der Waals surface area contributed by atoms with Crippen molar-refractivity contribution in [3.05, 3.63) is 102 Å². The summed E-state index contributed by atoms with van der Waals surface area (Å²) in [6.45, 7) is 3.98. The lowest BCUT2D eigenvalue weighted by atomic mass is 9.98. The maximum Gasteiger partial charge on any atom is 0.261 e. The van der Waals surface area contributed by atoms with Gasteiger partial charge in [-0.1, -0.05) is 24.3 Å². The van der Waals surface area contributed by atoms with Crippen LogP contribution in [0.1, 0.15) is 11.1 Å². The minimum absolute atomic E-state index is 0.165. The van der Waals surface area contributed by atoms with Crippen LogP contribution in [0, 0.1) is 13.8 Å². The smallest absolute Gasteiger partial charge is 0.261 e. The summed E-state index contributed by atoms with van der Waals surface area (Å²) < 4.78 is 34.0. The van der Waals surface area contributed by atoms with E-state index in [1.54, 1.807) is 24.4 Å². The summed E-state index contributed by atoms with van der Waals surface area (Å²) in [5.41, 5.74) is 4.64. The number of pyridine rings is 1. The van der Waals surface area contributed by atoms with Gasteiger partial charge in [-0.3, -0.25) is 9.71 Å². The topological polar surface area (TPSA) is 68.3 Å². The molecule has 0 saturated carbocycles. The number of benzene rings is 3. The summed E-state index contributed by atoms with van der Waals surface area (Å²) >= 11 is 0. The molecule has 0 fully saturated rings. The van der Waals surface area contributed by atoms with Crippen molar-refractivity contribution >= 4 is 15.7 Å². The van der Waals surface area contributed by atoms with E-state index in [4.69, 9.17) is 4.74 Å². The largest absolute Gasteiger partial charge is 0.457 e. The number of nitrogens with one attached hydrogen (secondary N) is 1. The number of nitrogens with zero attached hydrogens (tertiary/aromatic N) is 1. The zero-order chi connectivity index (χ0) is 21.8. The lowest BCUT2D eigenvalue weighted by Gasteiger charge is -2.13. The lowest BCUT2D eigenvalue weighted by molar-refractivity contribution is 0.482. The number of aryl methyl sites for hydroxylation is 2. The molecule has 0 radical (unpaired) electrons. The first kappa shape index (κ1) is 20.6. The zero-order valence-corrected chi connectivity index (χ0v) is 18.1. The summed E-state index contributed by atoms with van der Waals surface area (Å²) in [5, 5.41) is 0. The zero-order valence-electron chi connectivity index (χ0n) is 17.2. The van der Waals surface area contributed by atoms with Gasteiger partial charge in [0, 0.05) is 23.6 Å². The summed E-state index contributed by atoms with van der Waals surface area (Å²) in [4.78, 5) is 4.36. The van der Waals surface area contributed by atoms with Gasteiger partial charge < -0.3 is 4.74 Å². The van der Waals surface area contributed by atoms with Gasteiger partial charge in [0.05, 0.1) is 4.90 Å². The SMILES string of the molecule is Cc1cc(NS(=O)(=O)c2ccc(Oc3ccccc3)cc2)ccc1-c1cnccc1C. The van der Waals surface area contributed by atoms with Gasteiger partial charge in [-0.05, 0) is 85.1 Å². The third-order valence-corrected chi connectivity index (χ3v) is 6.32. The van der Waals surface area contributed by atoms with Crippen molar-refractivity contribution in [2.45, 2.75) is 18.7 Å². The van der Waals surface area contributed by atoms with E-state index in [1.165, 1.54) is 12.1 Å². The number of aromatic nitrogens is 1. The molecule has 4 aromatic rings. The van der Waals surface area contributed by atoms with Crippen molar-refractivity contribution in [3.63, 3.8) is 0 Å². The molecule has 0 spiro atoms. The van der Waals surface area contributed by atoms with Crippen LogP contribution in [0.5, 0.6) is 11.5 Å². The van der Waals surface area contributed by atoms with Gasteiger partial charge in [-0.15, -0.1) is 0 Å². The van der Waals surface area contributed by atoms with Crippen LogP contribution in [0.4, 0.5) is 5.69 Å². The Bertz CT molecular complexity index is 1300. The van der Waals surface area contributed by atoms with E-state index >= 15 is 0 Å². The fraction of sp³-hybridized carbons (Fsp3) is 0.0800. The molecule has 0 bridgehead atoms. The van der Waals surface area contributed by atoms with Crippen LogP contribution in [0.3, 0.4) is 0 Å². The highest BCUT2D eigenvalue weighted by Crippen LogP contribution is 2.29. The second-order valence-electron chi connectivity index (χ2n) is 7.21. The summed E-state index contributed by atoms with van der Waals surface area (Å²) in [6.07, 6.45) is 3.58. The molecule has 0 aliphatic carbocycles. The molecule has 0 amide bonds. The molecule has 1 aromatic heterocycles. The number of anilines is 1. The molecular formula is C25H22N2O3S. The highest BCUT2D eigenvalue weighted by molar-refractivity contribution is 7.92. The van der Waals surface area contributed by atoms with Gasteiger partial charge in [0.25, 0.3) is 10.0 Å². The van der Waals surface area contributed by atoms with Gasteiger partial charge in [-0.25, -0.2) is 8.42 Å². The molecule has 1 heterocycles. The van der Waals surface area contributed by atoms with Crippen molar-refractivity contribution in [1.29, 1.82) is 0 Å². The van der Waals surface area contributed by atoms with Crippen LogP contribution in [-0.4, -0.2) is 13.4 Å². The third-order valence-electron chi connectivity index (χ3n) is 4.92. The molecule has 0 saturated heterocycles. The minimum atomic E-state index is -3.72. The monoisotopic (exact) mass is 430 g/mol. The quantitative estimate of drug-likeness (QED) is 0.410. The standard InChI is InChI=1S/C25H22N2O3S/c1-18-14-15-26-17-25(18)24-13-8-20(16-19(24)2)27-31(28,29)23-11-9-22(10-12-23)30-21-6-4-3-5-7-21/h3-17,27H,1-2H3. The number of sulfonamides is 1. The molecule has 3 aromatic carbocycles. The molecule has 0 unspecified atom stereocenters. The van der Waals surface area contributed by atoms with Crippen LogP contribution >= 0.6 is 0 Å². The van der Waals surface area contributed by atoms with Crippen LogP contribution in [0.25, 0.3) is 11.1 Å². The van der Waals surface area contributed by atoms with Gasteiger partial charge in [-0.2, -0.15) is 0 Å². The average molecular weight is 431 g/mol. The van der Waals surface area contributed by atoms with Crippen LogP contribution < -0.4 is 9.46 Å².